The van der Waals surface area contributed by atoms with Crippen LogP contribution in [0.3, 0.4) is 0 Å². The zero-order chi connectivity index (χ0) is 15.2. The van der Waals surface area contributed by atoms with E-state index in [1.807, 2.05) is 31.2 Å². The maximum Gasteiger partial charge on any atom is 0.242 e. The van der Waals surface area contributed by atoms with Gasteiger partial charge < -0.3 is 15.4 Å². The Hall–Kier alpha value is -1.71. The van der Waals surface area contributed by atoms with E-state index in [-0.39, 0.29) is 11.9 Å². The molecule has 1 aliphatic carbocycles. The van der Waals surface area contributed by atoms with Crippen molar-refractivity contribution in [2.75, 3.05) is 12.4 Å². The van der Waals surface area contributed by atoms with Crippen molar-refractivity contribution in [2.24, 2.45) is 5.92 Å². The number of nitrogens with one attached hydrogen (secondary N) is 2. The molecule has 1 aliphatic rings. The number of anilines is 1. The van der Waals surface area contributed by atoms with E-state index in [1.54, 1.807) is 7.11 Å². The van der Waals surface area contributed by atoms with Crippen molar-refractivity contribution in [3.05, 3.63) is 24.3 Å². The lowest BCUT2D eigenvalue weighted by molar-refractivity contribution is -0.122. The molecule has 1 amide bonds. The number of hydrogen-bond donors (Lipinski definition) is 2. The Kier molecular flexibility index (Phi) is 5.48. The van der Waals surface area contributed by atoms with Crippen LogP contribution in [-0.4, -0.2) is 25.1 Å². The van der Waals surface area contributed by atoms with E-state index in [0.29, 0.717) is 12.0 Å². The van der Waals surface area contributed by atoms with Crippen molar-refractivity contribution in [3.63, 3.8) is 0 Å². The predicted molar refractivity (Wildman–Crippen MR) is 85.6 cm³/mol. The summed E-state index contributed by atoms with van der Waals surface area (Å²) in [6, 6.07) is 7.70. The number of benzene rings is 1. The molecular weight excluding hydrogens is 264 g/mol. The van der Waals surface area contributed by atoms with Gasteiger partial charge in [-0.05, 0) is 37.8 Å². The molecule has 0 aromatic heterocycles. The molecule has 2 N–H and O–H groups in total. The number of methoxy groups -OCH3 is 1. The minimum absolute atomic E-state index is 0.0663. The second-order valence-electron chi connectivity index (χ2n) is 5.97. The van der Waals surface area contributed by atoms with Gasteiger partial charge in [0, 0.05) is 17.8 Å². The van der Waals surface area contributed by atoms with E-state index >= 15 is 0 Å². The van der Waals surface area contributed by atoms with Gasteiger partial charge >= 0.3 is 0 Å². The van der Waals surface area contributed by atoms with Gasteiger partial charge in [-0.3, -0.25) is 4.79 Å². The monoisotopic (exact) mass is 290 g/mol. The maximum atomic E-state index is 12.3. The fraction of sp³-hybridized carbons (Fsp3) is 0.588. The number of hydrogen-bond acceptors (Lipinski definition) is 3. The molecule has 2 rings (SSSR count). The van der Waals surface area contributed by atoms with Gasteiger partial charge in [0.05, 0.1) is 7.11 Å². The fourth-order valence-corrected chi connectivity index (χ4v) is 2.87. The van der Waals surface area contributed by atoms with Gasteiger partial charge in [-0.2, -0.15) is 0 Å². The summed E-state index contributed by atoms with van der Waals surface area (Å²) < 4.78 is 5.19. The first-order valence-corrected chi connectivity index (χ1v) is 7.81. The lowest BCUT2D eigenvalue weighted by atomic mass is 9.86. The number of carbonyl (C=O) groups excluding carboxylic acids is 1. The molecule has 0 saturated heterocycles. The van der Waals surface area contributed by atoms with Crippen LogP contribution in [0.15, 0.2) is 24.3 Å². The SMILES string of the molecule is COc1cccc(N[C@H](C)C(=O)N[C@@H]2CCCC[C@H]2C)c1. The molecule has 1 fully saturated rings. The highest BCUT2D eigenvalue weighted by molar-refractivity contribution is 5.84. The Balaban J connectivity index is 1.89. The van der Waals surface area contributed by atoms with Crippen LogP contribution in [0, 0.1) is 5.92 Å². The molecule has 0 bridgehead atoms. The molecule has 0 heterocycles. The first-order chi connectivity index (χ1) is 10.1. The van der Waals surface area contributed by atoms with Crippen LogP contribution < -0.4 is 15.4 Å². The molecule has 4 nitrogen and oxygen atoms in total. The summed E-state index contributed by atoms with van der Waals surface area (Å²) in [6.07, 6.45) is 4.81. The normalized spacial score (nSPS) is 23.2. The molecule has 0 spiro atoms. The minimum Gasteiger partial charge on any atom is -0.497 e. The van der Waals surface area contributed by atoms with E-state index in [9.17, 15) is 4.79 Å². The molecule has 1 aromatic carbocycles. The molecule has 1 aromatic rings. The Labute approximate surface area is 127 Å². The summed E-state index contributed by atoms with van der Waals surface area (Å²) in [5, 5.41) is 6.41. The highest BCUT2D eigenvalue weighted by atomic mass is 16.5. The summed E-state index contributed by atoms with van der Waals surface area (Å²) in [7, 11) is 1.64. The van der Waals surface area contributed by atoms with Gasteiger partial charge in [0.1, 0.15) is 11.8 Å². The van der Waals surface area contributed by atoms with Crippen molar-refractivity contribution in [1.82, 2.24) is 5.32 Å². The van der Waals surface area contributed by atoms with Crippen molar-refractivity contribution < 1.29 is 9.53 Å². The number of amides is 1. The highest BCUT2D eigenvalue weighted by Crippen LogP contribution is 2.24. The Bertz CT molecular complexity index is 476. The molecular formula is C17H26N2O2. The topological polar surface area (TPSA) is 50.4 Å². The lowest BCUT2D eigenvalue weighted by Crippen LogP contribution is -2.46. The second-order valence-corrected chi connectivity index (χ2v) is 5.97. The van der Waals surface area contributed by atoms with Crippen LogP contribution in [0.4, 0.5) is 5.69 Å². The zero-order valence-corrected chi connectivity index (χ0v) is 13.2. The summed E-state index contributed by atoms with van der Waals surface area (Å²) in [6.45, 7) is 4.12. The molecule has 0 aliphatic heterocycles. The standard InChI is InChI=1S/C17H26N2O2/c1-12-7-4-5-10-16(12)19-17(20)13(2)18-14-8-6-9-15(11-14)21-3/h6,8-9,11-13,16,18H,4-5,7,10H2,1-3H3,(H,19,20)/t12-,13-,16-/m1/s1. The number of ether oxygens (including phenoxy) is 1. The van der Waals surface area contributed by atoms with Crippen LogP contribution in [0.5, 0.6) is 5.75 Å². The van der Waals surface area contributed by atoms with Crippen molar-refractivity contribution in [3.8, 4) is 5.75 Å². The van der Waals surface area contributed by atoms with Gasteiger partial charge in [0.15, 0.2) is 0 Å². The van der Waals surface area contributed by atoms with Gasteiger partial charge in [-0.1, -0.05) is 25.8 Å². The maximum absolute atomic E-state index is 12.3. The number of rotatable bonds is 5. The van der Waals surface area contributed by atoms with Crippen molar-refractivity contribution in [1.29, 1.82) is 0 Å². The van der Waals surface area contributed by atoms with Crippen LogP contribution >= 0.6 is 0 Å². The third kappa shape index (κ3) is 4.38. The third-order valence-electron chi connectivity index (χ3n) is 4.29. The van der Waals surface area contributed by atoms with Crippen molar-refractivity contribution >= 4 is 11.6 Å². The van der Waals surface area contributed by atoms with E-state index in [4.69, 9.17) is 4.74 Å². The summed E-state index contributed by atoms with van der Waals surface area (Å²) in [5.74, 6) is 1.43. The molecule has 3 atom stereocenters. The predicted octanol–water partition coefficient (Wildman–Crippen LogP) is 3.19. The fourth-order valence-electron chi connectivity index (χ4n) is 2.87. The molecule has 116 valence electrons. The average Bonchev–Trinajstić information content (AvgIpc) is 2.49. The quantitative estimate of drug-likeness (QED) is 0.875. The molecule has 1 saturated carbocycles. The lowest BCUT2D eigenvalue weighted by Gasteiger charge is -2.30. The van der Waals surface area contributed by atoms with Gasteiger partial charge in [0.2, 0.25) is 5.91 Å². The van der Waals surface area contributed by atoms with Crippen LogP contribution in [0.1, 0.15) is 39.5 Å². The summed E-state index contributed by atoms with van der Waals surface area (Å²) in [4.78, 5) is 12.3. The number of carbonyl (C=O) groups is 1. The van der Waals surface area contributed by atoms with Crippen LogP contribution in [0.25, 0.3) is 0 Å². The Morgan fingerprint density at radius 1 is 1.33 bits per heavy atom. The van der Waals surface area contributed by atoms with E-state index in [2.05, 4.69) is 17.6 Å². The molecule has 0 unspecified atom stereocenters. The molecule has 0 radical (unpaired) electrons. The van der Waals surface area contributed by atoms with Crippen molar-refractivity contribution in [2.45, 2.75) is 51.6 Å². The first kappa shape index (κ1) is 15.7. The summed E-state index contributed by atoms with van der Waals surface area (Å²) >= 11 is 0. The molecule has 4 heteroatoms. The van der Waals surface area contributed by atoms with Crippen LogP contribution in [0.2, 0.25) is 0 Å². The van der Waals surface area contributed by atoms with E-state index < -0.39 is 0 Å². The minimum atomic E-state index is -0.258. The first-order valence-electron chi connectivity index (χ1n) is 7.81. The average molecular weight is 290 g/mol. The van der Waals surface area contributed by atoms with Gasteiger partial charge in [-0.15, -0.1) is 0 Å². The Morgan fingerprint density at radius 2 is 2.10 bits per heavy atom. The van der Waals surface area contributed by atoms with E-state index in [0.717, 1.165) is 17.9 Å². The highest BCUT2D eigenvalue weighted by Gasteiger charge is 2.24. The second kappa shape index (κ2) is 7.34. The third-order valence-corrected chi connectivity index (χ3v) is 4.29. The molecule has 21 heavy (non-hydrogen) atoms. The smallest absolute Gasteiger partial charge is 0.242 e. The van der Waals surface area contributed by atoms with E-state index in [1.165, 1.54) is 19.3 Å². The Morgan fingerprint density at radius 3 is 2.81 bits per heavy atom. The zero-order valence-electron chi connectivity index (χ0n) is 13.2. The van der Waals surface area contributed by atoms with Gasteiger partial charge in [-0.25, -0.2) is 0 Å². The van der Waals surface area contributed by atoms with Crippen LogP contribution in [-0.2, 0) is 4.79 Å². The van der Waals surface area contributed by atoms with Gasteiger partial charge in [0.25, 0.3) is 0 Å². The largest absolute Gasteiger partial charge is 0.497 e. The summed E-state index contributed by atoms with van der Waals surface area (Å²) in [5.41, 5.74) is 0.897.